The summed E-state index contributed by atoms with van der Waals surface area (Å²) >= 11 is 0. The maximum atomic E-state index is 10.8. The van der Waals surface area contributed by atoms with Crippen LogP contribution < -0.4 is 5.32 Å². The van der Waals surface area contributed by atoms with Crippen molar-refractivity contribution in [3.63, 3.8) is 0 Å². The summed E-state index contributed by atoms with van der Waals surface area (Å²) in [6, 6.07) is 0. The van der Waals surface area contributed by atoms with Crippen LogP contribution in [0.4, 0.5) is 0 Å². The summed E-state index contributed by atoms with van der Waals surface area (Å²) < 4.78 is 21.6. The van der Waals surface area contributed by atoms with E-state index in [-0.39, 0.29) is 11.6 Å². The second-order valence-corrected chi connectivity index (χ2v) is 4.53. The van der Waals surface area contributed by atoms with Crippen LogP contribution in [-0.2, 0) is 9.84 Å². The van der Waals surface area contributed by atoms with Gasteiger partial charge in [0.2, 0.25) is 0 Å². The van der Waals surface area contributed by atoms with E-state index in [9.17, 15) is 8.42 Å². The van der Waals surface area contributed by atoms with Gasteiger partial charge in [0.15, 0.2) is 9.84 Å². The fraction of sp³-hybridized carbons (Fsp3) is 1.00. The normalized spacial score (nSPS) is 11.8. The maximum absolute atomic E-state index is 10.8. The molecule has 0 aromatic carbocycles. The summed E-state index contributed by atoms with van der Waals surface area (Å²) in [6.07, 6.45) is 0.971. The van der Waals surface area contributed by atoms with E-state index < -0.39 is 9.84 Å². The Hall–Kier alpha value is -0.0900. The molecule has 0 saturated carbocycles. The fourth-order valence-electron chi connectivity index (χ4n) is 0.507. The Balaban J connectivity index is 3.49. The second kappa shape index (κ2) is 4.68. The molecule has 0 aliphatic heterocycles. The van der Waals surface area contributed by atoms with Crippen LogP contribution in [0.15, 0.2) is 0 Å². The molecule has 0 aliphatic rings. The van der Waals surface area contributed by atoms with Gasteiger partial charge in [-0.05, 0) is 13.0 Å². The van der Waals surface area contributed by atoms with Crippen molar-refractivity contribution in [1.82, 2.24) is 5.32 Å². The molecule has 0 radical (unpaired) electrons. The molecule has 0 saturated heterocycles. The molecule has 0 atom stereocenters. The smallest absolute Gasteiger partial charge is 0.162 e. The van der Waals surface area contributed by atoms with E-state index >= 15 is 0 Å². The summed E-state index contributed by atoms with van der Waals surface area (Å²) in [6.45, 7) is 4.44. The highest BCUT2D eigenvalue weighted by atomic mass is 32.2. The first-order valence-electron chi connectivity index (χ1n) is 3.53. The molecule has 10 heavy (non-hydrogen) atoms. The van der Waals surface area contributed by atoms with E-state index in [1.54, 1.807) is 6.92 Å². The third kappa shape index (κ3) is 4.76. The SMILES string of the molecule is CCCNCS(=O)(=O)CC. The van der Waals surface area contributed by atoms with Crippen LogP contribution in [0.25, 0.3) is 0 Å². The topological polar surface area (TPSA) is 46.2 Å². The molecule has 0 unspecified atom stereocenters. The van der Waals surface area contributed by atoms with Crippen molar-refractivity contribution in [3.05, 3.63) is 0 Å². The predicted molar refractivity (Wildman–Crippen MR) is 42.6 cm³/mol. The van der Waals surface area contributed by atoms with Crippen LogP contribution in [0.1, 0.15) is 20.3 Å². The highest BCUT2D eigenvalue weighted by Crippen LogP contribution is 1.84. The minimum atomic E-state index is -2.80. The number of hydrogen-bond acceptors (Lipinski definition) is 3. The first-order valence-corrected chi connectivity index (χ1v) is 5.35. The Labute approximate surface area is 62.7 Å². The molecule has 4 heteroatoms. The number of nitrogens with one attached hydrogen (secondary N) is 1. The molecular weight excluding hydrogens is 150 g/mol. The molecule has 62 valence electrons. The first kappa shape index (κ1) is 9.91. The Morgan fingerprint density at radius 2 is 1.90 bits per heavy atom. The Morgan fingerprint density at radius 3 is 2.30 bits per heavy atom. The number of sulfone groups is 1. The molecular formula is C6H15NO2S. The molecule has 0 rings (SSSR count). The van der Waals surface area contributed by atoms with Crippen molar-refractivity contribution >= 4 is 9.84 Å². The van der Waals surface area contributed by atoms with Crippen LogP contribution in [-0.4, -0.2) is 26.6 Å². The first-order chi connectivity index (χ1) is 4.62. The average Bonchev–Trinajstić information content (AvgIpc) is 1.89. The van der Waals surface area contributed by atoms with Crippen molar-refractivity contribution in [2.75, 3.05) is 18.2 Å². The summed E-state index contributed by atoms with van der Waals surface area (Å²) in [4.78, 5) is 0. The molecule has 0 aromatic rings. The Morgan fingerprint density at radius 1 is 1.30 bits per heavy atom. The third-order valence-electron chi connectivity index (χ3n) is 1.19. The second-order valence-electron chi connectivity index (χ2n) is 2.18. The van der Waals surface area contributed by atoms with Gasteiger partial charge < -0.3 is 5.32 Å². The molecule has 0 fully saturated rings. The molecule has 0 amide bonds. The lowest BCUT2D eigenvalue weighted by molar-refractivity contribution is 0.587. The lowest BCUT2D eigenvalue weighted by Crippen LogP contribution is -2.24. The average molecular weight is 165 g/mol. The van der Waals surface area contributed by atoms with Crippen molar-refractivity contribution < 1.29 is 8.42 Å². The highest BCUT2D eigenvalue weighted by molar-refractivity contribution is 7.91. The number of hydrogen-bond donors (Lipinski definition) is 1. The van der Waals surface area contributed by atoms with Gasteiger partial charge in [0.05, 0.1) is 5.88 Å². The minimum absolute atomic E-state index is 0.122. The van der Waals surface area contributed by atoms with Gasteiger partial charge in [-0.15, -0.1) is 0 Å². The molecule has 3 nitrogen and oxygen atoms in total. The van der Waals surface area contributed by atoms with Gasteiger partial charge in [0.25, 0.3) is 0 Å². The fourth-order valence-corrected chi connectivity index (χ4v) is 1.17. The van der Waals surface area contributed by atoms with Gasteiger partial charge in [-0.1, -0.05) is 13.8 Å². The zero-order valence-electron chi connectivity index (χ0n) is 6.55. The van der Waals surface area contributed by atoms with E-state index in [2.05, 4.69) is 5.32 Å². The van der Waals surface area contributed by atoms with Crippen molar-refractivity contribution in [2.24, 2.45) is 0 Å². The molecule has 1 N–H and O–H groups in total. The summed E-state index contributed by atoms with van der Waals surface area (Å²) in [5.74, 6) is 0.348. The molecule has 0 aliphatic carbocycles. The van der Waals surface area contributed by atoms with Gasteiger partial charge in [0, 0.05) is 5.75 Å². The third-order valence-corrected chi connectivity index (χ3v) is 2.71. The maximum Gasteiger partial charge on any atom is 0.162 e. The van der Waals surface area contributed by atoms with Gasteiger partial charge >= 0.3 is 0 Å². The van der Waals surface area contributed by atoms with E-state index in [0.29, 0.717) is 0 Å². The van der Waals surface area contributed by atoms with Crippen molar-refractivity contribution in [2.45, 2.75) is 20.3 Å². The van der Waals surface area contributed by atoms with Gasteiger partial charge in [-0.25, -0.2) is 8.42 Å². The Bertz CT molecular complexity index is 163. The molecule has 0 spiro atoms. The van der Waals surface area contributed by atoms with Crippen molar-refractivity contribution in [3.8, 4) is 0 Å². The molecule has 0 heterocycles. The van der Waals surface area contributed by atoms with E-state index in [1.165, 1.54) is 0 Å². The zero-order chi connectivity index (χ0) is 8.04. The lowest BCUT2D eigenvalue weighted by atomic mass is 10.5. The predicted octanol–water partition coefficient (Wildman–Crippen LogP) is 0.378. The van der Waals surface area contributed by atoms with E-state index in [4.69, 9.17) is 0 Å². The lowest BCUT2D eigenvalue weighted by Gasteiger charge is -2.01. The van der Waals surface area contributed by atoms with E-state index in [1.807, 2.05) is 6.92 Å². The van der Waals surface area contributed by atoms with Crippen LogP contribution in [0, 0.1) is 0 Å². The summed E-state index contributed by atoms with van der Waals surface area (Å²) in [5, 5.41) is 2.84. The molecule has 0 aromatic heterocycles. The van der Waals surface area contributed by atoms with Crippen molar-refractivity contribution in [1.29, 1.82) is 0 Å². The largest absolute Gasteiger partial charge is 0.304 e. The standard InChI is InChI=1S/C6H15NO2S/c1-3-5-7-6-10(8,9)4-2/h7H,3-6H2,1-2H3. The Kier molecular flexibility index (Phi) is 4.64. The van der Waals surface area contributed by atoms with Crippen LogP contribution in [0.5, 0.6) is 0 Å². The van der Waals surface area contributed by atoms with Crippen LogP contribution in [0.3, 0.4) is 0 Å². The summed E-state index contributed by atoms with van der Waals surface area (Å²) in [7, 11) is -2.80. The zero-order valence-corrected chi connectivity index (χ0v) is 7.37. The summed E-state index contributed by atoms with van der Waals surface area (Å²) in [5.41, 5.74) is 0. The van der Waals surface area contributed by atoms with E-state index in [0.717, 1.165) is 13.0 Å². The van der Waals surface area contributed by atoms with Crippen LogP contribution >= 0.6 is 0 Å². The quantitative estimate of drug-likeness (QED) is 0.599. The van der Waals surface area contributed by atoms with Gasteiger partial charge in [-0.3, -0.25) is 0 Å². The minimum Gasteiger partial charge on any atom is -0.304 e. The monoisotopic (exact) mass is 165 g/mol. The molecule has 0 bridgehead atoms. The van der Waals surface area contributed by atoms with Gasteiger partial charge in [0.1, 0.15) is 0 Å². The number of rotatable bonds is 5. The highest BCUT2D eigenvalue weighted by Gasteiger charge is 2.04. The van der Waals surface area contributed by atoms with Crippen LogP contribution in [0.2, 0.25) is 0 Å². The van der Waals surface area contributed by atoms with Gasteiger partial charge in [-0.2, -0.15) is 0 Å².